The first kappa shape index (κ1) is 37.5. The number of hydrogen-bond donors (Lipinski definition) is 0. The van der Waals surface area contributed by atoms with Crippen molar-refractivity contribution in [1.29, 1.82) is 0 Å². The second kappa shape index (κ2) is 15.4. The van der Waals surface area contributed by atoms with E-state index in [1.807, 2.05) is 18.2 Å². The zero-order chi connectivity index (χ0) is 42.8. The van der Waals surface area contributed by atoms with Crippen LogP contribution in [0.5, 0.6) is 0 Å². The van der Waals surface area contributed by atoms with Crippen molar-refractivity contribution in [3.05, 3.63) is 229 Å². The van der Waals surface area contributed by atoms with E-state index in [4.69, 9.17) is 13.8 Å². The minimum atomic E-state index is 0.311. The van der Waals surface area contributed by atoms with Crippen molar-refractivity contribution in [2.75, 3.05) is 0 Å². The standard InChI is InChI=1S/C62H43NO2/c1-4-13-39(14-5-1)43-24-23-41-25-29-48(40-15-6-2-7-16-40)50-30-26-44(34-55(50)54(41)33-43)45-27-32-53-61(37-45)65-59-22-12-20-49(62(53)59)47-35-56(42-17-8-3-9-18-42)63-57(36-47)46-28-31-52-51-19-10-11-21-58(51)64-60(52)38-46/h2-4,6-24,26-28,30-38,48H,1,5,25,29H2. The van der Waals surface area contributed by atoms with Crippen LogP contribution in [0.25, 0.3) is 105 Å². The molecule has 3 nitrogen and oxygen atoms in total. The second-order valence-corrected chi connectivity index (χ2v) is 17.6. The van der Waals surface area contributed by atoms with E-state index in [-0.39, 0.29) is 0 Å². The molecule has 3 heterocycles. The Labute approximate surface area is 377 Å². The van der Waals surface area contributed by atoms with E-state index in [2.05, 4.69) is 188 Å². The van der Waals surface area contributed by atoms with Crippen LogP contribution in [0, 0.1) is 0 Å². The van der Waals surface area contributed by atoms with Crippen LogP contribution in [0.1, 0.15) is 47.4 Å². The summed E-state index contributed by atoms with van der Waals surface area (Å²) in [4.78, 5) is 5.27. The number of pyridine rings is 1. The van der Waals surface area contributed by atoms with Crippen LogP contribution in [0.15, 0.2) is 215 Å². The van der Waals surface area contributed by atoms with Gasteiger partial charge in [-0.1, -0.05) is 146 Å². The van der Waals surface area contributed by atoms with Gasteiger partial charge in [0.15, 0.2) is 0 Å². The molecule has 0 bridgehead atoms. The maximum Gasteiger partial charge on any atom is 0.136 e. The van der Waals surface area contributed by atoms with E-state index in [1.54, 1.807) is 0 Å². The molecular weight excluding hydrogens is 791 g/mol. The van der Waals surface area contributed by atoms with E-state index in [0.29, 0.717) is 5.92 Å². The van der Waals surface area contributed by atoms with Gasteiger partial charge in [0.05, 0.1) is 11.4 Å². The number of furan rings is 2. The molecule has 0 fully saturated rings. The third kappa shape index (κ3) is 6.54. The first-order valence-corrected chi connectivity index (χ1v) is 22.8. The average Bonchev–Trinajstić information content (AvgIpc) is 3.90. The SMILES string of the molecule is C1=CC(c2ccc3c(c2)-c2cc(-c4ccc5c(c4)oc4cccc(-c6cc(-c7ccccc7)nc(-c7ccc8c(c7)oc7ccccc78)c6)c45)ccc2C(c2ccccc2)CC3)=CCC1. The Kier molecular flexibility index (Phi) is 8.87. The van der Waals surface area contributed by atoms with Crippen LogP contribution in [-0.2, 0) is 6.42 Å². The smallest absolute Gasteiger partial charge is 0.136 e. The van der Waals surface area contributed by atoms with Crippen molar-refractivity contribution >= 4 is 49.5 Å². The second-order valence-electron chi connectivity index (χ2n) is 17.6. The Morgan fingerprint density at radius 3 is 1.98 bits per heavy atom. The lowest BCUT2D eigenvalue weighted by atomic mass is 9.84. The van der Waals surface area contributed by atoms with Gasteiger partial charge in [-0.15, -0.1) is 0 Å². The summed E-state index contributed by atoms with van der Waals surface area (Å²) in [7, 11) is 0. The monoisotopic (exact) mass is 833 g/mol. The third-order valence-electron chi connectivity index (χ3n) is 13.8. The lowest BCUT2D eigenvalue weighted by Crippen LogP contribution is -2.02. The highest BCUT2D eigenvalue weighted by Gasteiger charge is 2.25. The fraction of sp³-hybridized carbons (Fsp3) is 0.0806. The molecule has 0 amide bonds. The van der Waals surface area contributed by atoms with Crippen LogP contribution < -0.4 is 0 Å². The van der Waals surface area contributed by atoms with Gasteiger partial charge >= 0.3 is 0 Å². The zero-order valence-electron chi connectivity index (χ0n) is 35.8. The van der Waals surface area contributed by atoms with Gasteiger partial charge in [0.2, 0.25) is 0 Å². The van der Waals surface area contributed by atoms with Crippen molar-refractivity contribution < 1.29 is 8.83 Å². The molecule has 0 radical (unpaired) electrons. The Morgan fingerprint density at radius 2 is 1.11 bits per heavy atom. The summed E-state index contributed by atoms with van der Waals surface area (Å²) in [5.41, 5.74) is 21.3. The molecule has 2 aliphatic carbocycles. The molecule has 0 aliphatic heterocycles. The zero-order valence-corrected chi connectivity index (χ0v) is 35.8. The predicted octanol–water partition coefficient (Wildman–Crippen LogP) is 17.0. The number of rotatable bonds is 6. The molecule has 0 saturated carbocycles. The van der Waals surface area contributed by atoms with E-state index in [9.17, 15) is 0 Å². The molecule has 8 aromatic carbocycles. The molecule has 65 heavy (non-hydrogen) atoms. The van der Waals surface area contributed by atoms with Crippen LogP contribution in [0.4, 0.5) is 0 Å². The molecule has 3 heteroatoms. The third-order valence-corrected chi connectivity index (χ3v) is 13.8. The molecule has 2 aliphatic rings. The Hall–Kier alpha value is -8.01. The topological polar surface area (TPSA) is 39.2 Å². The van der Waals surface area contributed by atoms with E-state index in [0.717, 1.165) is 109 Å². The lowest BCUT2D eigenvalue weighted by Gasteiger charge is -2.20. The highest BCUT2D eigenvalue weighted by molar-refractivity contribution is 6.13. The number of para-hydroxylation sites is 1. The normalized spacial score (nSPS) is 14.7. The van der Waals surface area contributed by atoms with Gasteiger partial charge in [-0.2, -0.15) is 0 Å². The molecule has 1 unspecified atom stereocenters. The van der Waals surface area contributed by atoms with Crippen LogP contribution in [0.3, 0.4) is 0 Å². The molecule has 13 rings (SSSR count). The van der Waals surface area contributed by atoms with Crippen molar-refractivity contribution in [3.8, 4) is 55.9 Å². The summed E-state index contributed by atoms with van der Waals surface area (Å²) < 4.78 is 13.1. The van der Waals surface area contributed by atoms with Crippen molar-refractivity contribution in [2.45, 2.75) is 31.6 Å². The fourth-order valence-electron chi connectivity index (χ4n) is 10.5. The van der Waals surface area contributed by atoms with Crippen molar-refractivity contribution in [1.82, 2.24) is 4.98 Å². The van der Waals surface area contributed by atoms with Gasteiger partial charge in [0, 0.05) is 38.6 Å². The van der Waals surface area contributed by atoms with E-state index >= 15 is 0 Å². The molecule has 1 atom stereocenters. The number of aryl methyl sites for hydroxylation is 1. The van der Waals surface area contributed by atoms with Gasteiger partial charge < -0.3 is 8.83 Å². The fourth-order valence-corrected chi connectivity index (χ4v) is 10.5. The summed E-state index contributed by atoms with van der Waals surface area (Å²) in [5, 5.41) is 4.40. The van der Waals surface area contributed by atoms with E-state index < -0.39 is 0 Å². The molecule has 308 valence electrons. The lowest BCUT2D eigenvalue weighted by molar-refractivity contribution is 0.668. The van der Waals surface area contributed by atoms with Gasteiger partial charge in [0.25, 0.3) is 0 Å². The quantitative estimate of drug-likeness (QED) is 0.168. The molecular formula is C62H43NO2. The minimum Gasteiger partial charge on any atom is -0.456 e. The van der Waals surface area contributed by atoms with Gasteiger partial charge in [-0.25, -0.2) is 4.98 Å². The van der Waals surface area contributed by atoms with Gasteiger partial charge in [-0.05, 0) is 148 Å². The molecule has 11 aromatic rings. The summed E-state index contributed by atoms with van der Waals surface area (Å²) in [6, 6.07) is 68.0. The Bertz CT molecular complexity index is 3720. The highest BCUT2D eigenvalue weighted by atomic mass is 16.3. The maximum atomic E-state index is 6.79. The Morgan fingerprint density at radius 1 is 0.431 bits per heavy atom. The predicted molar refractivity (Wildman–Crippen MR) is 269 cm³/mol. The average molecular weight is 834 g/mol. The van der Waals surface area contributed by atoms with Gasteiger partial charge in [-0.3, -0.25) is 0 Å². The minimum absolute atomic E-state index is 0.311. The summed E-state index contributed by atoms with van der Waals surface area (Å²) in [6.07, 6.45) is 11.3. The van der Waals surface area contributed by atoms with Crippen LogP contribution >= 0.6 is 0 Å². The van der Waals surface area contributed by atoms with Crippen molar-refractivity contribution in [3.63, 3.8) is 0 Å². The van der Waals surface area contributed by atoms with E-state index in [1.165, 1.54) is 44.5 Å². The number of aromatic nitrogens is 1. The number of allylic oxidation sites excluding steroid dienone is 4. The highest BCUT2D eigenvalue weighted by Crippen LogP contribution is 2.46. The first-order chi connectivity index (χ1) is 32.2. The Balaban J connectivity index is 0.937. The number of nitrogens with zero attached hydrogens (tertiary/aromatic N) is 1. The largest absolute Gasteiger partial charge is 0.456 e. The van der Waals surface area contributed by atoms with Crippen LogP contribution in [0.2, 0.25) is 0 Å². The maximum absolute atomic E-state index is 6.79. The number of hydrogen-bond acceptors (Lipinski definition) is 3. The number of fused-ring (bicyclic) bond motifs is 9. The number of benzene rings is 8. The summed E-state index contributed by atoms with van der Waals surface area (Å²) >= 11 is 0. The molecule has 0 N–H and O–H groups in total. The molecule has 3 aromatic heterocycles. The summed E-state index contributed by atoms with van der Waals surface area (Å²) in [5.74, 6) is 0.311. The van der Waals surface area contributed by atoms with Crippen LogP contribution in [-0.4, -0.2) is 4.98 Å². The first-order valence-electron chi connectivity index (χ1n) is 22.8. The summed E-state index contributed by atoms with van der Waals surface area (Å²) in [6.45, 7) is 0. The van der Waals surface area contributed by atoms with Crippen molar-refractivity contribution in [2.24, 2.45) is 0 Å². The molecule has 0 spiro atoms. The molecule has 0 saturated heterocycles. The van der Waals surface area contributed by atoms with Gasteiger partial charge in [0.1, 0.15) is 22.3 Å².